The first-order chi connectivity index (χ1) is 36.8. The summed E-state index contributed by atoms with van der Waals surface area (Å²) in [5.41, 5.74) is 16.4. The number of alkyl halides is 1. The summed E-state index contributed by atoms with van der Waals surface area (Å²) in [7, 11) is 0. The molecule has 0 bridgehead atoms. The maximum atomic E-state index is 12.9. The minimum atomic E-state index is -0.532. The first-order valence-electron chi connectivity index (χ1n) is 25.1. The molecule has 4 aliphatic rings. The monoisotopic (exact) mass is 1190 g/mol. The Kier molecular flexibility index (Phi) is 23.9. The summed E-state index contributed by atoms with van der Waals surface area (Å²) in [6.45, 7) is 13.9. The number of thiocarbonyl (C=S) groups is 1. The van der Waals surface area contributed by atoms with Crippen LogP contribution in [0.4, 0.5) is 45.1 Å². The molecule has 0 radical (unpaired) electrons. The van der Waals surface area contributed by atoms with E-state index in [9.17, 15) is 29.8 Å². The highest BCUT2D eigenvalue weighted by Crippen LogP contribution is 2.32. The fourth-order valence-corrected chi connectivity index (χ4v) is 11.2. The number of benzene rings is 4. The minimum Gasteiger partial charge on any atom is -0.382 e. The number of anilines is 6. The van der Waals surface area contributed by atoms with E-state index in [1.807, 2.05) is 31.2 Å². The number of ketones is 2. The molecule has 4 saturated heterocycles. The van der Waals surface area contributed by atoms with Gasteiger partial charge >= 0.3 is 0 Å². The number of morpholine rings is 2. The molecule has 1 unspecified atom stereocenters. The van der Waals surface area contributed by atoms with Crippen LogP contribution in [0.3, 0.4) is 0 Å². The molecule has 77 heavy (non-hydrogen) atoms. The number of nitro groups is 2. The highest BCUT2D eigenvalue weighted by molar-refractivity contribution is 9.09. The number of aliphatic imine (C=N–C) groups is 1. The normalized spacial score (nSPS) is 16.6. The lowest BCUT2D eigenvalue weighted by molar-refractivity contribution is -0.385. The van der Waals surface area contributed by atoms with Gasteiger partial charge in [0.2, 0.25) is 5.78 Å². The van der Waals surface area contributed by atoms with Gasteiger partial charge in [-0.25, -0.2) is 4.98 Å². The van der Waals surface area contributed by atoms with Crippen molar-refractivity contribution in [1.29, 1.82) is 0 Å². The zero-order chi connectivity index (χ0) is 54.0. The third-order valence-corrected chi connectivity index (χ3v) is 15.6. The largest absolute Gasteiger partial charge is 0.382 e. The summed E-state index contributed by atoms with van der Waals surface area (Å²) < 4.78 is 10.9. The number of carbonyl (C=O) groups is 2. The molecule has 5 heterocycles. The lowest BCUT2D eigenvalue weighted by Gasteiger charge is -2.40. The topological polar surface area (TPSA) is 253 Å². The molecule has 4 fully saturated rings. The zero-order valence-corrected chi connectivity index (χ0v) is 48.4. The molecule has 0 aliphatic carbocycles. The van der Waals surface area contributed by atoms with E-state index < -0.39 is 15.6 Å². The average molecular weight is 1190 g/mol. The SMILES string of the molecule is CCSC(N)=NC(=S)Nc1ccc(N2CCC(N3CCOCC3)CC2)cc1.Nc1nc(Nc2ccc(N3CCC(N4CCOCC4)CC3)cc2)sc1C(=O)c1cccc([N+](=O)[O-])c1.O=C(CBr)c1cccc([N+](=O)[O-])c1.P. The number of nitrogens with zero attached hydrogens (tertiary/aromatic N) is 8. The van der Waals surface area contributed by atoms with Crippen LogP contribution in [-0.4, -0.2) is 148 Å². The standard InChI is InChI=1S/C25H28N6O4S.C19H29N5OS2.C8H6BrNO3.H3P/c26-24-23(22(32)17-2-1-3-21(16-17)31(33)34)36-25(28-24)27-18-4-6-19(7-5-18)29-10-8-20(9-11-29)30-12-14-35-15-13-30;1-2-27-18(20)22-19(26)21-15-3-5-16(6-4-15)23-9-7-17(8-10-23)24-11-13-25-14-12-24;9-5-8(11)6-2-1-3-7(4-6)10(12)13;/h1-7,16,20H,8-15,26H2,(H,27,28);3-6,17H,2,7-14H2,1H3,(H3,20,21,22,26);1-4H,5H2;1H3. The summed E-state index contributed by atoms with van der Waals surface area (Å²) in [6, 6.07) is 29.2. The fraction of sp³-hybridized carbons (Fsp3) is 0.404. The number of nitrogens with two attached hydrogens (primary N) is 2. The number of Topliss-reactive ketones (excluding diaryl/α,β-unsaturated/α-hetero) is 1. The van der Waals surface area contributed by atoms with Gasteiger partial charge in [0.25, 0.3) is 11.4 Å². The Hall–Kier alpha value is -5.69. The van der Waals surface area contributed by atoms with Crippen LogP contribution in [0.2, 0.25) is 0 Å². The predicted octanol–water partition coefficient (Wildman–Crippen LogP) is 8.89. The van der Waals surface area contributed by atoms with Crippen molar-refractivity contribution < 1.29 is 28.9 Å². The van der Waals surface area contributed by atoms with Gasteiger partial charge in [0.05, 0.1) is 41.6 Å². The number of nitrogens with one attached hydrogen (secondary N) is 2. The number of halogens is 1. The molecule has 4 aromatic carbocycles. The highest BCUT2D eigenvalue weighted by atomic mass is 79.9. The van der Waals surface area contributed by atoms with E-state index >= 15 is 0 Å². The Morgan fingerprint density at radius 2 is 1.23 bits per heavy atom. The molecular formula is C52H66BrN12O8PS3. The number of rotatable bonds is 14. The van der Waals surface area contributed by atoms with Gasteiger partial charge in [0.1, 0.15) is 10.7 Å². The van der Waals surface area contributed by atoms with Crippen molar-refractivity contribution in [2.45, 2.75) is 44.7 Å². The highest BCUT2D eigenvalue weighted by Gasteiger charge is 2.28. The summed E-state index contributed by atoms with van der Waals surface area (Å²) >= 11 is 10.8. The number of ether oxygens (including phenoxy) is 2. The molecule has 20 nitrogen and oxygen atoms in total. The van der Waals surface area contributed by atoms with E-state index in [4.69, 9.17) is 33.2 Å². The van der Waals surface area contributed by atoms with Gasteiger partial charge in [0.15, 0.2) is 21.2 Å². The molecule has 5 aromatic rings. The first-order valence-corrected chi connectivity index (χ1v) is 28.4. The van der Waals surface area contributed by atoms with Crippen molar-refractivity contribution in [1.82, 2.24) is 14.8 Å². The molecule has 0 amide bonds. The predicted molar refractivity (Wildman–Crippen MR) is 323 cm³/mol. The second-order valence-electron chi connectivity index (χ2n) is 18.0. The van der Waals surface area contributed by atoms with Gasteiger partial charge < -0.3 is 41.4 Å². The fourth-order valence-electron chi connectivity index (χ4n) is 9.24. The third-order valence-electron chi connectivity index (χ3n) is 13.2. The first kappa shape index (κ1) is 60.5. The number of hydrogen-bond acceptors (Lipinski definition) is 18. The molecular weight excluding hydrogens is 1130 g/mol. The molecule has 0 saturated carbocycles. The number of aromatic nitrogens is 1. The Bertz CT molecular complexity index is 2790. The van der Waals surface area contributed by atoms with Crippen LogP contribution in [0.5, 0.6) is 0 Å². The third kappa shape index (κ3) is 17.9. The molecule has 25 heteroatoms. The summed E-state index contributed by atoms with van der Waals surface area (Å²) in [5, 5.41) is 29.3. The van der Waals surface area contributed by atoms with E-state index in [0.717, 1.165) is 120 Å². The minimum absolute atomic E-state index is 0. The number of carbonyl (C=O) groups excluding carboxylic acids is 2. The van der Waals surface area contributed by atoms with Crippen LogP contribution in [-0.2, 0) is 9.47 Å². The Balaban J connectivity index is 0.000000206. The van der Waals surface area contributed by atoms with E-state index in [-0.39, 0.29) is 48.6 Å². The van der Waals surface area contributed by atoms with Crippen molar-refractivity contribution in [2.24, 2.45) is 10.7 Å². The molecule has 1 atom stereocenters. The maximum absolute atomic E-state index is 12.9. The van der Waals surface area contributed by atoms with Crippen LogP contribution in [0.25, 0.3) is 0 Å². The van der Waals surface area contributed by atoms with Gasteiger partial charge in [-0.2, -0.15) is 14.9 Å². The van der Waals surface area contributed by atoms with Crippen LogP contribution < -0.4 is 31.9 Å². The second-order valence-corrected chi connectivity index (χ2v) is 21.2. The second kappa shape index (κ2) is 30.5. The molecule has 0 spiro atoms. The molecule has 1 aromatic heterocycles. The van der Waals surface area contributed by atoms with Gasteiger partial charge in [-0.15, -0.1) is 0 Å². The van der Waals surface area contributed by atoms with Crippen LogP contribution >= 0.6 is 61.1 Å². The summed E-state index contributed by atoms with van der Waals surface area (Å²) in [5.74, 6) is 0.426. The van der Waals surface area contributed by atoms with Gasteiger partial charge in [-0.05, 0) is 92.2 Å². The van der Waals surface area contributed by atoms with Crippen molar-refractivity contribution in [3.63, 3.8) is 0 Å². The lowest BCUT2D eigenvalue weighted by Crippen LogP contribution is -2.49. The van der Waals surface area contributed by atoms with Crippen molar-refractivity contribution >= 4 is 128 Å². The molecule has 6 N–H and O–H groups in total. The number of nitro benzene ring substituents is 2. The Morgan fingerprint density at radius 3 is 1.70 bits per heavy atom. The molecule has 9 rings (SSSR count). The summed E-state index contributed by atoms with van der Waals surface area (Å²) in [6.07, 6.45) is 4.74. The van der Waals surface area contributed by atoms with E-state index in [1.165, 1.54) is 78.4 Å². The number of piperidine rings is 2. The van der Waals surface area contributed by atoms with Crippen LogP contribution in [0.15, 0.2) is 102 Å². The Labute approximate surface area is 473 Å². The number of nitrogen functional groups attached to an aromatic ring is 1. The van der Waals surface area contributed by atoms with Crippen LogP contribution in [0, 0.1) is 20.2 Å². The van der Waals surface area contributed by atoms with Gasteiger partial charge in [-0.3, -0.25) is 39.6 Å². The number of thioether (sulfide) groups is 1. The van der Waals surface area contributed by atoms with Crippen molar-refractivity contribution in [2.75, 3.05) is 116 Å². The van der Waals surface area contributed by atoms with E-state index in [0.29, 0.717) is 33.1 Å². The molecule has 4 aliphatic heterocycles. The summed E-state index contributed by atoms with van der Waals surface area (Å²) in [4.78, 5) is 63.1. The number of amidine groups is 1. The van der Waals surface area contributed by atoms with E-state index in [2.05, 4.69) is 80.4 Å². The Morgan fingerprint density at radius 1 is 0.766 bits per heavy atom. The molecule has 412 valence electrons. The number of thiazole rings is 1. The number of non-ortho nitro benzene ring substituents is 2. The zero-order valence-electron chi connectivity index (χ0n) is 42.9. The average Bonchev–Trinajstić information content (AvgIpc) is 3.83. The van der Waals surface area contributed by atoms with E-state index in [1.54, 1.807) is 6.07 Å². The van der Waals surface area contributed by atoms with Gasteiger partial charge in [0, 0.05) is 123 Å². The van der Waals surface area contributed by atoms with Crippen molar-refractivity contribution in [3.05, 3.63) is 133 Å². The van der Waals surface area contributed by atoms with Crippen molar-refractivity contribution in [3.8, 4) is 0 Å². The smallest absolute Gasteiger partial charge is 0.270 e. The maximum Gasteiger partial charge on any atom is 0.270 e. The van der Waals surface area contributed by atoms with Crippen LogP contribution in [0.1, 0.15) is 58.2 Å². The lowest BCUT2D eigenvalue weighted by atomic mass is 10.0. The van der Waals surface area contributed by atoms with Gasteiger partial charge in [-0.1, -0.05) is 70.2 Å². The number of hydrogen-bond donors (Lipinski definition) is 4. The quantitative estimate of drug-likeness (QED) is 0.0118.